The number of halogens is 3. The number of hydrogen-bond acceptors (Lipinski definition) is 2. The number of alkyl halides is 1. The van der Waals surface area contributed by atoms with E-state index < -0.39 is 38.0 Å². The summed E-state index contributed by atoms with van der Waals surface area (Å²) in [5.74, 6) is -2.35. The molecule has 3 nitrogen and oxygen atoms in total. The molecule has 1 rings (SSSR count). The van der Waals surface area contributed by atoms with Gasteiger partial charge in [-0.3, -0.25) is 0 Å². The lowest BCUT2D eigenvalue weighted by Gasteiger charge is -2.21. The highest BCUT2D eigenvalue weighted by atomic mass is 35.5. The first kappa shape index (κ1) is 17.3. The van der Waals surface area contributed by atoms with Gasteiger partial charge >= 0.3 is 0 Å². The summed E-state index contributed by atoms with van der Waals surface area (Å²) in [6.07, 6.45) is 1.23. The summed E-state index contributed by atoms with van der Waals surface area (Å²) in [4.78, 5) is -0.517. The zero-order valence-electron chi connectivity index (χ0n) is 11.5. The molecule has 0 aliphatic carbocycles. The smallest absolute Gasteiger partial charge is 0.207 e. The Morgan fingerprint density at radius 3 is 2.15 bits per heavy atom. The van der Waals surface area contributed by atoms with Crippen LogP contribution in [0.1, 0.15) is 32.3 Å². The van der Waals surface area contributed by atoms with Crippen LogP contribution >= 0.6 is 11.6 Å². The van der Waals surface area contributed by atoms with Crippen molar-refractivity contribution in [1.29, 1.82) is 0 Å². The maximum Gasteiger partial charge on any atom is 0.245 e. The van der Waals surface area contributed by atoms with Crippen LogP contribution in [0.25, 0.3) is 0 Å². The Kier molecular flexibility index (Phi) is 6.36. The minimum atomic E-state index is -3.97. The highest BCUT2D eigenvalue weighted by Gasteiger charge is 2.28. The van der Waals surface area contributed by atoms with Crippen LogP contribution < -0.4 is 0 Å². The summed E-state index contributed by atoms with van der Waals surface area (Å²) >= 11 is 5.47. The van der Waals surface area contributed by atoms with Crippen LogP contribution in [0.4, 0.5) is 8.78 Å². The highest BCUT2D eigenvalue weighted by Crippen LogP contribution is 2.25. The van der Waals surface area contributed by atoms with E-state index in [0.717, 1.165) is 12.1 Å². The third-order valence-corrected chi connectivity index (χ3v) is 5.03. The topological polar surface area (TPSA) is 37.4 Å². The molecule has 0 amide bonds. The Bertz CT molecular complexity index is 558. The summed E-state index contributed by atoms with van der Waals surface area (Å²) in [6.45, 7) is 4.26. The second-order valence-electron chi connectivity index (χ2n) is 4.38. The van der Waals surface area contributed by atoms with E-state index in [0.29, 0.717) is 25.9 Å². The Morgan fingerprint density at radius 1 is 1.15 bits per heavy atom. The Balaban J connectivity index is 3.34. The van der Waals surface area contributed by atoms with Crippen molar-refractivity contribution >= 4 is 21.6 Å². The lowest BCUT2D eigenvalue weighted by molar-refractivity contribution is 0.405. The molecule has 114 valence electrons. The molecule has 1 aromatic rings. The third-order valence-electron chi connectivity index (χ3n) is 2.85. The van der Waals surface area contributed by atoms with Gasteiger partial charge in [-0.05, 0) is 25.0 Å². The predicted molar refractivity (Wildman–Crippen MR) is 75.3 cm³/mol. The zero-order chi connectivity index (χ0) is 15.3. The number of rotatable bonds is 7. The molecule has 0 unspecified atom stereocenters. The molecule has 0 aromatic heterocycles. The molecule has 0 saturated carbocycles. The molecule has 0 aliphatic rings. The average Bonchev–Trinajstić information content (AvgIpc) is 2.38. The van der Waals surface area contributed by atoms with Crippen molar-refractivity contribution < 1.29 is 17.2 Å². The largest absolute Gasteiger partial charge is 0.245 e. The second kappa shape index (κ2) is 7.33. The van der Waals surface area contributed by atoms with Gasteiger partial charge in [-0.2, -0.15) is 4.31 Å². The Hall–Kier alpha value is -0.720. The maximum atomic E-state index is 14.1. The van der Waals surface area contributed by atoms with E-state index in [4.69, 9.17) is 11.6 Å². The Labute approximate surface area is 123 Å². The first-order valence-corrected chi connectivity index (χ1v) is 8.40. The van der Waals surface area contributed by atoms with Crippen molar-refractivity contribution in [2.45, 2.75) is 37.5 Å². The highest BCUT2D eigenvalue weighted by molar-refractivity contribution is 7.89. The molecule has 0 radical (unpaired) electrons. The predicted octanol–water partition coefficient (Wildman–Crippen LogP) is 3.51. The minimum Gasteiger partial charge on any atom is -0.207 e. The minimum absolute atomic E-state index is 0.295. The van der Waals surface area contributed by atoms with E-state index in [1.807, 2.05) is 13.8 Å². The van der Waals surface area contributed by atoms with Gasteiger partial charge in [-0.15, -0.1) is 11.6 Å². The normalized spacial score (nSPS) is 12.1. The number of sulfonamides is 1. The molecule has 7 heteroatoms. The van der Waals surface area contributed by atoms with Gasteiger partial charge in [0.15, 0.2) is 5.82 Å². The van der Waals surface area contributed by atoms with Crippen LogP contribution in [0.3, 0.4) is 0 Å². The number of hydrogen-bond donors (Lipinski definition) is 0. The standard InChI is InChI=1S/C13H18ClF2NO2S/c1-3-7-17(8-4-2)20(18,19)12-6-5-11(15)10(9-14)13(12)16/h5-6H,3-4,7-9H2,1-2H3. The summed E-state index contributed by atoms with van der Waals surface area (Å²) in [5, 5.41) is 0. The molecule has 0 heterocycles. The fourth-order valence-corrected chi connectivity index (χ4v) is 3.85. The lowest BCUT2D eigenvalue weighted by Crippen LogP contribution is -2.33. The van der Waals surface area contributed by atoms with Crippen molar-refractivity contribution in [3.63, 3.8) is 0 Å². The van der Waals surface area contributed by atoms with Crippen molar-refractivity contribution in [1.82, 2.24) is 4.31 Å². The molecule has 20 heavy (non-hydrogen) atoms. The number of benzene rings is 1. The van der Waals surface area contributed by atoms with E-state index in [1.165, 1.54) is 4.31 Å². The zero-order valence-corrected chi connectivity index (χ0v) is 13.1. The van der Waals surface area contributed by atoms with Gasteiger partial charge < -0.3 is 0 Å². The molecular weight excluding hydrogens is 308 g/mol. The second-order valence-corrected chi connectivity index (χ2v) is 6.55. The summed E-state index contributed by atoms with van der Waals surface area (Å²) in [6, 6.07) is 1.89. The van der Waals surface area contributed by atoms with E-state index in [-0.39, 0.29) is 0 Å². The van der Waals surface area contributed by atoms with Crippen LogP contribution in [0.2, 0.25) is 0 Å². The summed E-state index contributed by atoms with van der Waals surface area (Å²) in [5.41, 5.74) is -0.416. The quantitative estimate of drug-likeness (QED) is 0.719. The fraction of sp³-hybridized carbons (Fsp3) is 0.538. The van der Waals surface area contributed by atoms with Gasteiger partial charge in [-0.1, -0.05) is 13.8 Å². The molecular formula is C13H18ClF2NO2S. The summed E-state index contributed by atoms with van der Waals surface area (Å²) < 4.78 is 53.6. The Morgan fingerprint density at radius 2 is 1.70 bits per heavy atom. The van der Waals surface area contributed by atoms with Gasteiger partial charge in [-0.25, -0.2) is 17.2 Å². The SMILES string of the molecule is CCCN(CCC)S(=O)(=O)c1ccc(F)c(CCl)c1F. The van der Waals surface area contributed by atoms with Gasteiger partial charge in [0.2, 0.25) is 10.0 Å². The van der Waals surface area contributed by atoms with Crippen LogP contribution in [0, 0.1) is 11.6 Å². The first-order chi connectivity index (χ1) is 9.39. The molecule has 0 spiro atoms. The molecule has 0 atom stereocenters. The first-order valence-electron chi connectivity index (χ1n) is 6.43. The molecule has 0 aliphatic heterocycles. The molecule has 0 fully saturated rings. The molecule has 0 N–H and O–H groups in total. The van der Waals surface area contributed by atoms with Gasteiger partial charge in [0, 0.05) is 18.7 Å². The van der Waals surface area contributed by atoms with E-state index in [2.05, 4.69) is 0 Å². The summed E-state index contributed by atoms with van der Waals surface area (Å²) in [7, 11) is -3.97. The van der Waals surface area contributed by atoms with Gasteiger partial charge in [0.25, 0.3) is 0 Å². The van der Waals surface area contributed by atoms with Crippen molar-refractivity contribution in [2.75, 3.05) is 13.1 Å². The van der Waals surface area contributed by atoms with Crippen LogP contribution in [0.15, 0.2) is 17.0 Å². The van der Waals surface area contributed by atoms with Crippen molar-refractivity contribution in [3.05, 3.63) is 29.3 Å². The maximum absolute atomic E-state index is 14.1. The van der Waals surface area contributed by atoms with Crippen molar-refractivity contribution in [3.8, 4) is 0 Å². The lowest BCUT2D eigenvalue weighted by atomic mass is 10.2. The monoisotopic (exact) mass is 325 g/mol. The van der Waals surface area contributed by atoms with Crippen LogP contribution in [-0.2, 0) is 15.9 Å². The van der Waals surface area contributed by atoms with Crippen molar-refractivity contribution in [2.24, 2.45) is 0 Å². The van der Waals surface area contributed by atoms with Gasteiger partial charge in [0.1, 0.15) is 10.7 Å². The number of nitrogens with zero attached hydrogens (tertiary/aromatic N) is 1. The third kappa shape index (κ3) is 3.48. The molecule has 1 aromatic carbocycles. The van der Waals surface area contributed by atoms with E-state index in [9.17, 15) is 17.2 Å². The fourth-order valence-electron chi connectivity index (χ4n) is 1.89. The van der Waals surface area contributed by atoms with Crippen LogP contribution in [0.5, 0.6) is 0 Å². The average molecular weight is 326 g/mol. The van der Waals surface area contributed by atoms with Crippen LogP contribution in [-0.4, -0.2) is 25.8 Å². The van der Waals surface area contributed by atoms with Gasteiger partial charge in [0.05, 0.1) is 5.88 Å². The van der Waals surface area contributed by atoms with E-state index in [1.54, 1.807) is 0 Å². The molecule has 0 saturated heterocycles. The molecule has 0 bridgehead atoms. The van der Waals surface area contributed by atoms with E-state index >= 15 is 0 Å².